The third kappa shape index (κ3) is 5.05. The van der Waals surface area contributed by atoms with Gasteiger partial charge in [-0.2, -0.15) is 0 Å². The standard InChI is InChI=1S/C26H33N3O2/c1-18(2)16-19-8-10-21(11-9-19)25(30)22-12-14-29(15-13-22)26(31)23-17-27-28-24(23)20-6-4-3-5-7-20/h3-11,18,22-24,27-28H,12-17H2,1-2H3. The van der Waals surface area contributed by atoms with Crippen molar-refractivity contribution < 1.29 is 9.59 Å². The van der Waals surface area contributed by atoms with Gasteiger partial charge < -0.3 is 4.90 Å². The van der Waals surface area contributed by atoms with Crippen LogP contribution in [0.4, 0.5) is 0 Å². The van der Waals surface area contributed by atoms with Gasteiger partial charge >= 0.3 is 0 Å². The topological polar surface area (TPSA) is 61.4 Å². The summed E-state index contributed by atoms with van der Waals surface area (Å²) in [5.41, 5.74) is 9.61. The largest absolute Gasteiger partial charge is 0.342 e. The number of nitrogens with one attached hydrogen (secondary N) is 2. The van der Waals surface area contributed by atoms with E-state index < -0.39 is 0 Å². The first kappa shape index (κ1) is 21.7. The maximum Gasteiger partial charge on any atom is 0.229 e. The maximum absolute atomic E-state index is 13.2. The lowest BCUT2D eigenvalue weighted by Gasteiger charge is -2.34. The summed E-state index contributed by atoms with van der Waals surface area (Å²) in [6.07, 6.45) is 2.51. The van der Waals surface area contributed by atoms with E-state index in [0.29, 0.717) is 25.6 Å². The molecule has 0 bridgehead atoms. The summed E-state index contributed by atoms with van der Waals surface area (Å²) in [5.74, 6) is 0.882. The van der Waals surface area contributed by atoms with Gasteiger partial charge in [0.1, 0.15) is 0 Å². The van der Waals surface area contributed by atoms with E-state index >= 15 is 0 Å². The van der Waals surface area contributed by atoms with E-state index in [-0.39, 0.29) is 29.6 Å². The minimum Gasteiger partial charge on any atom is -0.342 e. The van der Waals surface area contributed by atoms with Crippen molar-refractivity contribution in [3.63, 3.8) is 0 Å². The number of hydrogen-bond acceptors (Lipinski definition) is 4. The van der Waals surface area contributed by atoms with Crippen molar-refractivity contribution in [2.75, 3.05) is 19.6 Å². The number of likely N-dealkylation sites (tertiary alicyclic amines) is 1. The second-order valence-corrected chi connectivity index (χ2v) is 9.28. The first-order valence-corrected chi connectivity index (χ1v) is 11.5. The van der Waals surface area contributed by atoms with Crippen LogP contribution in [-0.4, -0.2) is 36.2 Å². The predicted molar refractivity (Wildman–Crippen MR) is 122 cm³/mol. The molecule has 0 aromatic heterocycles. The molecule has 164 valence electrons. The second kappa shape index (κ2) is 9.75. The number of piperidine rings is 1. The fraction of sp³-hybridized carbons (Fsp3) is 0.462. The van der Waals surface area contributed by atoms with Crippen LogP contribution < -0.4 is 10.9 Å². The Kier molecular flexibility index (Phi) is 6.83. The van der Waals surface area contributed by atoms with Crippen LogP contribution in [0.15, 0.2) is 54.6 Å². The molecule has 2 aromatic carbocycles. The summed E-state index contributed by atoms with van der Waals surface area (Å²) >= 11 is 0. The van der Waals surface area contributed by atoms with Crippen molar-refractivity contribution in [1.29, 1.82) is 0 Å². The molecule has 2 fully saturated rings. The van der Waals surface area contributed by atoms with E-state index in [1.807, 2.05) is 35.2 Å². The average Bonchev–Trinajstić information content (AvgIpc) is 3.29. The van der Waals surface area contributed by atoms with Crippen molar-refractivity contribution in [2.45, 2.75) is 39.2 Å². The maximum atomic E-state index is 13.2. The van der Waals surface area contributed by atoms with Gasteiger partial charge in [0.05, 0.1) is 12.0 Å². The first-order valence-electron chi connectivity index (χ1n) is 11.5. The second-order valence-electron chi connectivity index (χ2n) is 9.28. The van der Waals surface area contributed by atoms with E-state index in [0.717, 1.165) is 30.4 Å². The van der Waals surface area contributed by atoms with Crippen molar-refractivity contribution in [2.24, 2.45) is 17.8 Å². The molecular formula is C26H33N3O2. The van der Waals surface area contributed by atoms with Crippen molar-refractivity contribution >= 4 is 11.7 Å². The smallest absolute Gasteiger partial charge is 0.229 e. The van der Waals surface area contributed by atoms with Crippen molar-refractivity contribution in [3.05, 3.63) is 71.3 Å². The normalized spacial score (nSPS) is 22.1. The Morgan fingerprint density at radius 3 is 2.32 bits per heavy atom. The molecule has 0 radical (unpaired) electrons. The molecule has 2 aliphatic heterocycles. The summed E-state index contributed by atoms with van der Waals surface area (Å²) in [5, 5.41) is 0. The Morgan fingerprint density at radius 2 is 1.68 bits per heavy atom. The molecule has 4 rings (SSSR count). The highest BCUT2D eigenvalue weighted by atomic mass is 16.2. The minimum atomic E-state index is -0.122. The van der Waals surface area contributed by atoms with Gasteiger partial charge in [0, 0.05) is 31.1 Å². The Balaban J connectivity index is 1.34. The molecule has 0 saturated carbocycles. The lowest BCUT2D eigenvalue weighted by atomic mass is 9.87. The van der Waals surface area contributed by atoms with E-state index in [4.69, 9.17) is 0 Å². The molecule has 2 aromatic rings. The molecule has 2 saturated heterocycles. The molecule has 31 heavy (non-hydrogen) atoms. The van der Waals surface area contributed by atoms with Crippen LogP contribution >= 0.6 is 0 Å². The van der Waals surface area contributed by atoms with Gasteiger partial charge in [-0.05, 0) is 36.3 Å². The van der Waals surface area contributed by atoms with Crippen LogP contribution in [0.1, 0.15) is 54.2 Å². The Hall–Kier alpha value is -2.50. The molecule has 2 unspecified atom stereocenters. The number of benzene rings is 2. The van der Waals surface area contributed by atoms with Crippen LogP contribution in [0.25, 0.3) is 0 Å². The quantitative estimate of drug-likeness (QED) is 0.700. The van der Waals surface area contributed by atoms with E-state index in [9.17, 15) is 9.59 Å². The molecule has 5 nitrogen and oxygen atoms in total. The fourth-order valence-electron chi connectivity index (χ4n) is 4.81. The van der Waals surface area contributed by atoms with Gasteiger partial charge in [0.2, 0.25) is 5.91 Å². The molecule has 0 spiro atoms. The van der Waals surface area contributed by atoms with Gasteiger partial charge in [-0.3, -0.25) is 15.0 Å². The number of rotatable bonds is 6. The minimum absolute atomic E-state index is 0.00440. The summed E-state index contributed by atoms with van der Waals surface area (Å²) in [7, 11) is 0. The van der Waals surface area contributed by atoms with Crippen LogP contribution in [0.2, 0.25) is 0 Å². The number of Topliss-reactive ketones (excluding diaryl/α,β-unsaturated/α-hetero) is 1. The van der Waals surface area contributed by atoms with Crippen LogP contribution in [0.5, 0.6) is 0 Å². The van der Waals surface area contributed by atoms with E-state index in [2.05, 4.69) is 49.0 Å². The molecule has 2 aliphatic rings. The van der Waals surface area contributed by atoms with E-state index in [1.165, 1.54) is 5.56 Å². The number of hydrazine groups is 1. The highest BCUT2D eigenvalue weighted by Crippen LogP contribution is 2.29. The summed E-state index contributed by atoms with van der Waals surface area (Å²) < 4.78 is 0. The number of carbonyl (C=O) groups is 2. The van der Waals surface area contributed by atoms with Gasteiger partial charge in [0.15, 0.2) is 5.78 Å². The third-order valence-corrected chi connectivity index (χ3v) is 6.52. The number of amides is 1. The van der Waals surface area contributed by atoms with Crippen molar-refractivity contribution in [1.82, 2.24) is 15.8 Å². The SMILES string of the molecule is CC(C)Cc1ccc(C(=O)C2CCN(C(=O)C3CNNC3c3ccccc3)CC2)cc1. The average molecular weight is 420 g/mol. The van der Waals surface area contributed by atoms with Gasteiger partial charge in [0.25, 0.3) is 0 Å². The molecule has 5 heteroatoms. The lowest BCUT2D eigenvalue weighted by Crippen LogP contribution is -2.44. The highest BCUT2D eigenvalue weighted by molar-refractivity contribution is 5.98. The molecule has 2 heterocycles. The summed E-state index contributed by atoms with van der Waals surface area (Å²) in [6.45, 7) is 6.33. The molecule has 1 amide bonds. The molecular weight excluding hydrogens is 386 g/mol. The highest BCUT2D eigenvalue weighted by Gasteiger charge is 2.38. The zero-order valence-electron chi connectivity index (χ0n) is 18.5. The zero-order chi connectivity index (χ0) is 21.8. The van der Waals surface area contributed by atoms with Gasteiger partial charge in [-0.15, -0.1) is 0 Å². The number of ketones is 1. The monoisotopic (exact) mass is 419 g/mol. The van der Waals surface area contributed by atoms with Gasteiger partial charge in [-0.1, -0.05) is 68.4 Å². The van der Waals surface area contributed by atoms with Crippen LogP contribution in [-0.2, 0) is 11.2 Å². The Labute approximate surface area is 185 Å². The number of carbonyl (C=O) groups excluding carboxylic acids is 2. The molecule has 2 atom stereocenters. The van der Waals surface area contributed by atoms with Crippen LogP contribution in [0.3, 0.4) is 0 Å². The third-order valence-electron chi connectivity index (χ3n) is 6.52. The van der Waals surface area contributed by atoms with Crippen molar-refractivity contribution in [3.8, 4) is 0 Å². The summed E-state index contributed by atoms with van der Waals surface area (Å²) in [4.78, 5) is 28.1. The zero-order valence-corrected chi connectivity index (χ0v) is 18.5. The Morgan fingerprint density at radius 1 is 1.00 bits per heavy atom. The number of hydrogen-bond donors (Lipinski definition) is 2. The summed E-state index contributed by atoms with van der Waals surface area (Å²) in [6, 6.07) is 18.2. The van der Waals surface area contributed by atoms with E-state index in [1.54, 1.807) is 0 Å². The lowest BCUT2D eigenvalue weighted by molar-refractivity contribution is -0.136. The van der Waals surface area contributed by atoms with Crippen LogP contribution in [0, 0.1) is 17.8 Å². The molecule has 0 aliphatic carbocycles. The number of nitrogens with zero attached hydrogens (tertiary/aromatic N) is 1. The van der Waals surface area contributed by atoms with Gasteiger partial charge in [-0.25, -0.2) is 5.43 Å². The molecule has 2 N–H and O–H groups in total. The predicted octanol–water partition coefficient (Wildman–Crippen LogP) is 3.77. The Bertz CT molecular complexity index is 887. The fourth-order valence-corrected chi connectivity index (χ4v) is 4.81. The first-order chi connectivity index (χ1) is 15.0.